The third kappa shape index (κ3) is 3.71. The normalized spacial score (nSPS) is 15.8. The average Bonchev–Trinajstić information content (AvgIpc) is 3.41. The zero-order chi connectivity index (χ0) is 21.1. The summed E-state index contributed by atoms with van der Waals surface area (Å²) in [6.07, 6.45) is 3.16. The maximum atomic E-state index is 13.2. The van der Waals surface area contributed by atoms with Crippen LogP contribution in [0.15, 0.2) is 66.3 Å². The van der Waals surface area contributed by atoms with Crippen molar-refractivity contribution in [2.75, 3.05) is 4.90 Å². The number of aromatic nitrogens is 1. The van der Waals surface area contributed by atoms with Crippen LogP contribution in [0.5, 0.6) is 0 Å². The number of nitriles is 1. The molecule has 3 amide bonds. The van der Waals surface area contributed by atoms with Gasteiger partial charge in [-0.25, -0.2) is 4.90 Å². The van der Waals surface area contributed by atoms with E-state index in [1.807, 2.05) is 12.1 Å². The highest BCUT2D eigenvalue weighted by atomic mass is 32.1. The van der Waals surface area contributed by atoms with Crippen LogP contribution < -0.4 is 4.90 Å². The Bertz CT molecular complexity index is 1120. The molecule has 0 saturated carbocycles. The fourth-order valence-electron chi connectivity index (χ4n) is 3.37. The first-order chi connectivity index (χ1) is 14.6. The van der Waals surface area contributed by atoms with Crippen LogP contribution in [0.1, 0.15) is 27.2 Å². The van der Waals surface area contributed by atoms with Crippen LogP contribution >= 0.6 is 11.3 Å². The second kappa shape index (κ2) is 8.27. The van der Waals surface area contributed by atoms with E-state index in [0.717, 1.165) is 10.5 Å². The molecule has 1 atom stereocenters. The van der Waals surface area contributed by atoms with Gasteiger partial charge in [-0.15, -0.1) is 11.3 Å². The number of anilines is 1. The van der Waals surface area contributed by atoms with Crippen LogP contribution in [0.3, 0.4) is 0 Å². The van der Waals surface area contributed by atoms with Gasteiger partial charge >= 0.3 is 0 Å². The summed E-state index contributed by atoms with van der Waals surface area (Å²) in [7, 11) is 0. The third-order valence-electron chi connectivity index (χ3n) is 4.82. The van der Waals surface area contributed by atoms with Crippen molar-refractivity contribution < 1.29 is 14.4 Å². The Labute approximate surface area is 176 Å². The number of imide groups is 1. The molecule has 0 bridgehead atoms. The SMILES string of the molecule is N#Cc1ccc(N2C(=O)CC(N(Cc3cccnc3)C(=O)c3cccs3)C2=O)cc1. The summed E-state index contributed by atoms with van der Waals surface area (Å²) < 4.78 is 0. The maximum Gasteiger partial charge on any atom is 0.264 e. The lowest BCUT2D eigenvalue weighted by molar-refractivity contribution is -0.122. The fourth-order valence-corrected chi connectivity index (χ4v) is 4.05. The van der Waals surface area contributed by atoms with Crippen molar-refractivity contribution in [3.05, 3.63) is 82.3 Å². The van der Waals surface area contributed by atoms with E-state index in [1.165, 1.54) is 16.2 Å². The highest BCUT2D eigenvalue weighted by Gasteiger charge is 2.44. The van der Waals surface area contributed by atoms with E-state index in [0.29, 0.717) is 16.1 Å². The maximum absolute atomic E-state index is 13.2. The van der Waals surface area contributed by atoms with Crippen LogP contribution in [-0.2, 0) is 16.1 Å². The molecule has 3 heterocycles. The summed E-state index contributed by atoms with van der Waals surface area (Å²) in [4.78, 5) is 46.2. The lowest BCUT2D eigenvalue weighted by Crippen LogP contribution is -2.45. The molecule has 1 aromatic carbocycles. The molecule has 8 heteroatoms. The molecule has 1 saturated heterocycles. The molecule has 0 radical (unpaired) electrons. The fraction of sp³-hybridized carbons (Fsp3) is 0.136. The molecule has 2 aromatic heterocycles. The molecule has 30 heavy (non-hydrogen) atoms. The van der Waals surface area contributed by atoms with E-state index in [1.54, 1.807) is 60.2 Å². The number of hydrogen-bond acceptors (Lipinski definition) is 6. The average molecular weight is 416 g/mol. The van der Waals surface area contributed by atoms with Gasteiger partial charge in [-0.1, -0.05) is 12.1 Å². The van der Waals surface area contributed by atoms with Crippen LogP contribution in [0.2, 0.25) is 0 Å². The van der Waals surface area contributed by atoms with Crippen molar-refractivity contribution in [1.29, 1.82) is 5.26 Å². The largest absolute Gasteiger partial charge is 0.321 e. The lowest BCUT2D eigenvalue weighted by Gasteiger charge is -2.27. The minimum absolute atomic E-state index is 0.101. The van der Waals surface area contributed by atoms with Gasteiger partial charge in [0.05, 0.1) is 28.6 Å². The monoisotopic (exact) mass is 416 g/mol. The molecule has 148 valence electrons. The van der Waals surface area contributed by atoms with E-state index in [4.69, 9.17) is 5.26 Å². The summed E-state index contributed by atoms with van der Waals surface area (Å²) in [5.74, 6) is -1.15. The van der Waals surface area contributed by atoms with E-state index >= 15 is 0 Å². The Balaban J connectivity index is 1.66. The number of hydrogen-bond donors (Lipinski definition) is 0. The minimum atomic E-state index is -0.914. The second-order valence-electron chi connectivity index (χ2n) is 6.72. The Morgan fingerprint density at radius 2 is 2.00 bits per heavy atom. The van der Waals surface area contributed by atoms with Gasteiger partial charge in [0.2, 0.25) is 5.91 Å². The Morgan fingerprint density at radius 3 is 2.63 bits per heavy atom. The lowest BCUT2D eigenvalue weighted by atomic mass is 10.1. The van der Waals surface area contributed by atoms with Crippen molar-refractivity contribution in [2.24, 2.45) is 0 Å². The van der Waals surface area contributed by atoms with Gasteiger partial charge in [-0.3, -0.25) is 19.4 Å². The van der Waals surface area contributed by atoms with Crippen LogP contribution in [-0.4, -0.2) is 33.6 Å². The number of thiophene rings is 1. The molecular formula is C22H16N4O3S. The molecule has 4 rings (SSSR count). The van der Waals surface area contributed by atoms with Gasteiger partial charge < -0.3 is 4.90 Å². The summed E-state index contributed by atoms with van der Waals surface area (Å²) in [6, 6.07) is 14.4. The Morgan fingerprint density at radius 1 is 1.20 bits per heavy atom. The standard InChI is InChI=1S/C22H16N4O3S/c23-12-15-5-7-17(8-6-15)26-20(27)11-18(21(26)28)25(14-16-3-1-9-24-13-16)22(29)19-4-2-10-30-19/h1-10,13,18H,11,14H2. The molecule has 0 aliphatic carbocycles. The number of benzene rings is 1. The number of carbonyl (C=O) groups excluding carboxylic acids is 3. The van der Waals surface area contributed by atoms with Gasteiger partial charge in [0.25, 0.3) is 11.8 Å². The molecule has 1 aliphatic rings. The van der Waals surface area contributed by atoms with Gasteiger partial charge in [0.1, 0.15) is 6.04 Å². The third-order valence-corrected chi connectivity index (χ3v) is 5.68. The Kier molecular flexibility index (Phi) is 5.37. The van der Waals surface area contributed by atoms with Crippen molar-refractivity contribution in [1.82, 2.24) is 9.88 Å². The van der Waals surface area contributed by atoms with Crippen molar-refractivity contribution in [2.45, 2.75) is 19.0 Å². The first-order valence-corrected chi connectivity index (χ1v) is 10.1. The summed E-state index contributed by atoms with van der Waals surface area (Å²) in [6.45, 7) is 0.162. The quantitative estimate of drug-likeness (QED) is 0.596. The first-order valence-electron chi connectivity index (χ1n) is 9.19. The summed E-state index contributed by atoms with van der Waals surface area (Å²) in [5.41, 5.74) is 1.58. The van der Waals surface area contributed by atoms with Crippen molar-refractivity contribution in [3.63, 3.8) is 0 Å². The number of rotatable bonds is 5. The Hall–Kier alpha value is -3.83. The zero-order valence-electron chi connectivity index (χ0n) is 15.8. The zero-order valence-corrected chi connectivity index (χ0v) is 16.6. The summed E-state index contributed by atoms with van der Waals surface area (Å²) in [5, 5.41) is 10.8. The van der Waals surface area contributed by atoms with Gasteiger partial charge in [-0.05, 0) is 47.3 Å². The van der Waals surface area contributed by atoms with Gasteiger partial charge in [0.15, 0.2) is 0 Å². The van der Waals surface area contributed by atoms with E-state index in [2.05, 4.69) is 4.98 Å². The van der Waals surface area contributed by atoms with E-state index < -0.39 is 11.9 Å². The molecule has 3 aromatic rings. The second-order valence-corrected chi connectivity index (χ2v) is 7.67. The molecule has 1 fully saturated rings. The highest BCUT2D eigenvalue weighted by Crippen LogP contribution is 2.28. The van der Waals surface area contributed by atoms with Gasteiger partial charge in [0, 0.05) is 18.9 Å². The highest BCUT2D eigenvalue weighted by molar-refractivity contribution is 7.12. The predicted molar refractivity (Wildman–Crippen MR) is 110 cm³/mol. The van der Waals surface area contributed by atoms with Gasteiger partial charge in [-0.2, -0.15) is 5.26 Å². The number of carbonyl (C=O) groups is 3. The topological polar surface area (TPSA) is 94.4 Å². The molecule has 7 nitrogen and oxygen atoms in total. The minimum Gasteiger partial charge on any atom is -0.321 e. The molecular weight excluding hydrogens is 400 g/mol. The smallest absolute Gasteiger partial charge is 0.264 e. The van der Waals surface area contributed by atoms with Crippen molar-refractivity contribution in [3.8, 4) is 6.07 Å². The number of pyridine rings is 1. The number of amides is 3. The van der Waals surface area contributed by atoms with Crippen LogP contribution in [0.4, 0.5) is 5.69 Å². The van der Waals surface area contributed by atoms with Crippen molar-refractivity contribution >= 4 is 34.7 Å². The van der Waals surface area contributed by atoms with E-state index in [9.17, 15) is 14.4 Å². The predicted octanol–water partition coefficient (Wildman–Crippen LogP) is 2.99. The van der Waals surface area contributed by atoms with E-state index in [-0.39, 0.29) is 24.8 Å². The molecule has 0 spiro atoms. The number of nitrogens with zero attached hydrogens (tertiary/aromatic N) is 4. The molecule has 1 aliphatic heterocycles. The molecule has 1 unspecified atom stereocenters. The first kappa shape index (κ1) is 19.5. The van der Waals surface area contributed by atoms with Crippen LogP contribution in [0.25, 0.3) is 0 Å². The van der Waals surface area contributed by atoms with Crippen LogP contribution in [0, 0.1) is 11.3 Å². The summed E-state index contributed by atoms with van der Waals surface area (Å²) >= 11 is 1.28. The molecule has 0 N–H and O–H groups in total.